The molecule has 104 valence electrons. The van der Waals surface area contributed by atoms with E-state index in [1.54, 1.807) is 0 Å². The van der Waals surface area contributed by atoms with Crippen LogP contribution in [0.15, 0.2) is 6.07 Å². The maximum atomic E-state index is 7.81. The van der Waals surface area contributed by atoms with Crippen molar-refractivity contribution in [1.82, 2.24) is 4.98 Å². The number of nitrogens with two attached hydrogens (primary N) is 1. The fourth-order valence-corrected chi connectivity index (χ4v) is 4.05. The Balaban J connectivity index is 2.45. The Morgan fingerprint density at radius 3 is 2.47 bits per heavy atom. The van der Waals surface area contributed by atoms with Crippen molar-refractivity contribution in [3.8, 4) is 0 Å². The molecule has 1 aliphatic heterocycles. The number of rotatable bonds is 2. The highest BCUT2D eigenvalue weighted by Crippen LogP contribution is 2.30. The number of nitrogens with one attached hydrogen (secondary N) is 1. The van der Waals surface area contributed by atoms with E-state index in [0.29, 0.717) is 10.5 Å². The van der Waals surface area contributed by atoms with Crippen LogP contribution in [-0.4, -0.2) is 34.4 Å². The van der Waals surface area contributed by atoms with Gasteiger partial charge in [0, 0.05) is 29.3 Å². The minimum Gasteiger partial charge on any atom is -0.384 e. The van der Waals surface area contributed by atoms with Gasteiger partial charge >= 0.3 is 0 Å². The highest BCUT2D eigenvalue weighted by Gasteiger charge is 2.26. The van der Waals surface area contributed by atoms with Crippen LogP contribution in [-0.2, 0) is 0 Å². The average Bonchev–Trinajstić information content (AvgIpc) is 2.25. The zero-order valence-corrected chi connectivity index (χ0v) is 12.8. The molecule has 0 saturated carbocycles. The summed E-state index contributed by atoms with van der Waals surface area (Å²) < 4.78 is 0. The maximum absolute atomic E-state index is 7.81. The van der Waals surface area contributed by atoms with Gasteiger partial charge in [-0.1, -0.05) is 13.8 Å². The highest BCUT2D eigenvalue weighted by atomic mass is 32.2. The van der Waals surface area contributed by atoms with Gasteiger partial charge in [-0.05, 0) is 25.5 Å². The van der Waals surface area contributed by atoms with E-state index >= 15 is 0 Å². The van der Waals surface area contributed by atoms with Gasteiger partial charge in [-0.2, -0.15) is 11.8 Å². The quantitative estimate of drug-likeness (QED) is 0.643. The molecule has 19 heavy (non-hydrogen) atoms. The van der Waals surface area contributed by atoms with Crippen LogP contribution in [0.1, 0.15) is 30.7 Å². The molecular formula is C14H22N4S. The Morgan fingerprint density at radius 2 is 1.95 bits per heavy atom. The molecule has 1 aromatic rings. The van der Waals surface area contributed by atoms with Crippen molar-refractivity contribution in [3.63, 3.8) is 0 Å². The number of pyridine rings is 1. The SMILES string of the molecule is Cc1cc(C)c(C(=N)N)c(N2CC(C)SC(C)C2)n1. The molecule has 1 saturated heterocycles. The van der Waals surface area contributed by atoms with Crippen molar-refractivity contribution in [3.05, 3.63) is 22.9 Å². The third-order valence-electron chi connectivity index (χ3n) is 3.31. The first kappa shape index (κ1) is 14.2. The molecule has 5 heteroatoms. The van der Waals surface area contributed by atoms with Gasteiger partial charge in [0.05, 0.1) is 5.56 Å². The summed E-state index contributed by atoms with van der Waals surface area (Å²) in [5.74, 6) is 0.988. The first-order valence-corrected chi connectivity index (χ1v) is 7.55. The van der Waals surface area contributed by atoms with Crippen LogP contribution in [0, 0.1) is 19.3 Å². The molecule has 2 atom stereocenters. The molecule has 2 unspecified atom stereocenters. The van der Waals surface area contributed by atoms with Crippen LogP contribution in [0.5, 0.6) is 0 Å². The number of thioether (sulfide) groups is 1. The lowest BCUT2D eigenvalue weighted by atomic mass is 10.1. The number of anilines is 1. The van der Waals surface area contributed by atoms with Gasteiger partial charge in [-0.3, -0.25) is 5.41 Å². The Kier molecular flexibility index (Phi) is 4.04. The zero-order chi connectivity index (χ0) is 14.2. The predicted octanol–water partition coefficient (Wildman–Crippen LogP) is 2.31. The normalized spacial score (nSPS) is 23.5. The number of nitrogen functional groups attached to an aromatic ring is 1. The summed E-state index contributed by atoms with van der Waals surface area (Å²) in [5, 5.41) is 8.96. The molecule has 1 aromatic heterocycles. The van der Waals surface area contributed by atoms with Gasteiger partial charge in [0.1, 0.15) is 11.7 Å². The lowest BCUT2D eigenvalue weighted by Crippen LogP contribution is -2.42. The van der Waals surface area contributed by atoms with Gasteiger partial charge in [0.25, 0.3) is 0 Å². The molecule has 0 bridgehead atoms. The van der Waals surface area contributed by atoms with Gasteiger partial charge < -0.3 is 10.6 Å². The molecule has 0 amide bonds. The van der Waals surface area contributed by atoms with E-state index in [2.05, 4.69) is 23.7 Å². The van der Waals surface area contributed by atoms with Crippen molar-refractivity contribution in [2.24, 2.45) is 5.73 Å². The molecule has 0 aromatic carbocycles. The molecule has 4 nitrogen and oxygen atoms in total. The Morgan fingerprint density at radius 1 is 1.37 bits per heavy atom. The van der Waals surface area contributed by atoms with Gasteiger partial charge in [0.15, 0.2) is 0 Å². The second kappa shape index (κ2) is 5.41. The van der Waals surface area contributed by atoms with E-state index in [4.69, 9.17) is 11.1 Å². The fraction of sp³-hybridized carbons (Fsp3) is 0.571. The van der Waals surface area contributed by atoms with E-state index in [1.165, 1.54) is 0 Å². The summed E-state index contributed by atoms with van der Waals surface area (Å²) in [6, 6.07) is 1.99. The Hall–Kier alpha value is -1.23. The third-order valence-corrected chi connectivity index (χ3v) is 4.54. The Labute approximate surface area is 119 Å². The number of aromatic nitrogens is 1. The van der Waals surface area contributed by atoms with Gasteiger partial charge in [-0.25, -0.2) is 4.98 Å². The third kappa shape index (κ3) is 3.03. The van der Waals surface area contributed by atoms with Crippen molar-refractivity contribution >= 4 is 23.4 Å². The second-order valence-electron chi connectivity index (χ2n) is 5.36. The lowest BCUT2D eigenvalue weighted by molar-refractivity contribution is 0.716. The molecule has 3 N–H and O–H groups in total. The number of hydrogen-bond donors (Lipinski definition) is 2. The first-order chi connectivity index (χ1) is 8.88. The van der Waals surface area contributed by atoms with E-state index in [9.17, 15) is 0 Å². The zero-order valence-electron chi connectivity index (χ0n) is 12.0. The van der Waals surface area contributed by atoms with E-state index in [0.717, 1.165) is 35.7 Å². The van der Waals surface area contributed by atoms with Crippen LogP contribution in [0.25, 0.3) is 0 Å². The van der Waals surface area contributed by atoms with Crippen LogP contribution >= 0.6 is 11.8 Å². The van der Waals surface area contributed by atoms with Gasteiger partial charge in [0.2, 0.25) is 0 Å². The highest BCUT2D eigenvalue weighted by molar-refractivity contribution is 8.00. The molecular weight excluding hydrogens is 256 g/mol. The first-order valence-electron chi connectivity index (χ1n) is 6.61. The summed E-state index contributed by atoms with van der Waals surface area (Å²) in [7, 11) is 0. The monoisotopic (exact) mass is 278 g/mol. The van der Waals surface area contributed by atoms with E-state index in [1.807, 2.05) is 31.7 Å². The van der Waals surface area contributed by atoms with E-state index in [-0.39, 0.29) is 5.84 Å². The van der Waals surface area contributed by atoms with Crippen molar-refractivity contribution in [1.29, 1.82) is 5.41 Å². The molecule has 1 fully saturated rings. The molecule has 0 radical (unpaired) electrons. The average molecular weight is 278 g/mol. The smallest absolute Gasteiger partial charge is 0.140 e. The minimum absolute atomic E-state index is 0.110. The summed E-state index contributed by atoms with van der Waals surface area (Å²) >= 11 is 2.01. The summed E-state index contributed by atoms with van der Waals surface area (Å²) in [4.78, 5) is 6.92. The van der Waals surface area contributed by atoms with Crippen LogP contribution in [0.4, 0.5) is 5.82 Å². The van der Waals surface area contributed by atoms with Crippen molar-refractivity contribution < 1.29 is 0 Å². The molecule has 2 rings (SSSR count). The van der Waals surface area contributed by atoms with E-state index < -0.39 is 0 Å². The van der Waals surface area contributed by atoms with Gasteiger partial charge in [-0.15, -0.1) is 0 Å². The topological polar surface area (TPSA) is 66.0 Å². The number of hydrogen-bond acceptors (Lipinski definition) is 4. The number of aryl methyl sites for hydroxylation is 2. The lowest BCUT2D eigenvalue weighted by Gasteiger charge is -2.36. The Bertz CT molecular complexity index is 490. The maximum Gasteiger partial charge on any atom is 0.140 e. The summed E-state index contributed by atoms with van der Waals surface area (Å²) in [6.45, 7) is 10.4. The predicted molar refractivity (Wildman–Crippen MR) is 83.5 cm³/mol. The summed E-state index contributed by atoms with van der Waals surface area (Å²) in [6.07, 6.45) is 0. The molecule has 0 spiro atoms. The minimum atomic E-state index is 0.110. The second-order valence-corrected chi connectivity index (χ2v) is 7.24. The van der Waals surface area contributed by atoms with Crippen LogP contribution in [0.3, 0.4) is 0 Å². The number of nitrogens with zero attached hydrogens (tertiary/aromatic N) is 2. The van der Waals surface area contributed by atoms with Crippen LogP contribution in [0.2, 0.25) is 0 Å². The molecule has 0 aliphatic carbocycles. The number of amidine groups is 1. The molecule has 2 heterocycles. The van der Waals surface area contributed by atoms with Crippen molar-refractivity contribution in [2.45, 2.75) is 38.2 Å². The summed E-state index contributed by atoms with van der Waals surface area (Å²) in [5.41, 5.74) is 8.56. The fourth-order valence-electron chi connectivity index (χ4n) is 2.73. The molecule has 1 aliphatic rings. The van der Waals surface area contributed by atoms with Crippen LogP contribution < -0.4 is 10.6 Å². The van der Waals surface area contributed by atoms with Crippen molar-refractivity contribution in [2.75, 3.05) is 18.0 Å². The largest absolute Gasteiger partial charge is 0.384 e. The standard InChI is InChI=1S/C14H22N4S/c1-8-5-9(2)17-14(12(8)13(15)16)18-6-10(3)19-11(4)7-18/h5,10-11H,6-7H2,1-4H3,(H3,15,16).